The molecule has 3 heterocycles. The Balaban J connectivity index is 0.000000116. The van der Waals surface area contributed by atoms with Gasteiger partial charge in [-0.1, -0.05) is 425 Å². The molecule has 0 aliphatic heterocycles. The van der Waals surface area contributed by atoms with Crippen LogP contribution >= 0.6 is 0 Å². The van der Waals surface area contributed by atoms with Crippen LogP contribution in [0.2, 0.25) is 0 Å². The quantitative estimate of drug-likeness (QED) is 0.0715. The maximum absolute atomic E-state index is 6.34. The molecular weight excluding hydrogens is 1820 g/mol. The van der Waals surface area contributed by atoms with E-state index in [4.69, 9.17) is 13.3 Å². The molecule has 0 bridgehead atoms. The minimum atomic E-state index is 0.873. The van der Waals surface area contributed by atoms with Gasteiger partial charge in [0.2, 0.25) is 0 Å². The first kappa shape index (κ1) is 91.3. The summed E-state index contributed by atoms with van der Waals surface area (Å²) in [4.78, 5) is 6.92. The molecule has 0 saturated heterocycles. The lowest BCUT2D eigenvalue weighted by Gasteiger charge is -2.26. The second-order valence-electron chi connectivity index (χ2n) is 37.8. The molecule has 0 saturated carbocycles. The molecule has 27 aromatic rings. The van der Waals surface area contributed by atoms with E-state index in [-0.39, 0.29) is 0 Å². The van der Waals surface area contributed by atoms with Gasteiger partial charge in [0.25, 0.3) is 0 Å². The number of furan rings is 3. The Kier molecular flexibility index (Phi) is 25.2. The van der Waals surface area contributed by atoms with Crippen LogP contribution in [0.3, 0.4) is 0 Å². The van der Waals surface area contributed by atoms with E-state index in [9.17, 15) is 0 Å². The normalized spacial score (nSPS) is 11.2. The highest BCUT2D eigenvalue weighted by atomic mass is 16.3. The summed E-state index contributed by atoms with van der Waals surface area (Å²) in [6.07, 6.45) is 0. The molecule has 3 aromatic heterocycles. The van der Waals surface area contributed by atoms with Gasteiger partial charge in [-0.05, 0) is 291 Å². The molecule has 0 spiro atoms. The van der Waals surface area contributed by atoms with Gasteiger partial charge in [-0.2, -0.15) is 0 Å². The highest BCUT2D eigenvalue weighted by Crippen LogP contribution is 2.47. The molecule has 0 radical (unpaired) electrons. The summed E-state index contributed by atoms with van der Waals surface area (Å²) in [6, 6.07) is 213. The maximum Gasteiger partial charge on any atom is 0.137 e. The van der Waals surface area contributed by atoms with E-state index in [1.165, 1.54) is 134 Å². The van der Waals surface area contributed by atoms with Gasteiger partial charge in [0.05, 0.1) is 0 Å². The Morgan fingerprint density at radius 1 is 0.0867 bits per heavy atom. The van der Waals surface area contributed by atoms with E-state index in [1.54, 1.807) is 0 Å². The molecule has 27 rings (SSSR count). The monoisotopic (exact) mass is 1920 g/mol. The van der Waals surface area contributed by atoms with Crippen molar-refractivity contribution in [1.29, 1.82) is 0 Å². The van der Waals surface area contributed by atoms with Gasteiger partial charge in [0.1, 0.15) is 33.5 Å². The minimum absolute atomic E-state index is 0.873. The van der Waals surface area contributed by atoms with Gasteiger partial charge in [0.15, 0.2) is 0 Å². The van der Waals surface area contributed by atoms with Crippen molar-refractivity contribution in [3.63, 3.8) is 0 Å². The zero-order chi connectivity index (χ0) is 99.8. The summed E-state index contributed by atoms with van der Waals surface area (Å²) < 4.78 is 19.0. The van der Waals surface area contributed by atoms with Crippen molar-refractivity contribution in [3.05, 3.63) is 601 Å². The molecule has 0 N–H and O–H groups in total. The van der Waals surface area contributed by atoms with Crippen molar-refractivity contribution < 1.29 is 13.3 Å². The number of hydrogen-bond donors (Lipinski definition) is 0. The Morgan fingerprint density at radius 3 is 0.473 bits per heavy atom. The van der Waals surface area contributed by atoms with Gasteiger partial charge >= 0.3 is 0 Å². The van der Waals surface area contributed by atoms with Crippen LogP contribution in [0.25, 0.3) is 199 Å². The molecule has 0 aliphatic carbocycles. The number of anilines is 9. The van der Waals surface area contributed by atoms with Crippen molar-refractivity contribution in [2.45, 2.75) is 0 Å². The lowest BCUT2D eigenvalue weighted by atomic mass is 9.96. The molecule has 0 amide bonds. The van der Waals surface area contributed by atoms with Crippen molar-refractivity contribution in [2.75, 3.05) is 14.7 Å². The van der Waals surface area contributed by atoms with Crippen LogP contribution in [0.4, 0.5) is 51.2 Å². The van der Waals surface area contributed by atoms with Crippen LogP contribution in [0.1, 0.15) is 0 Å². The van der Waals surface area contributed by atoms with Gasteiger partial charge in [0, 0.05) is 102 Å². The average molecular weight is 1920 g/mol. The Bertz CT molecular complexity index is 9440. The molecule has 24 aromatic carbocycles. The number of para-hydroxylation sites is 3. The highest BCUT2D eigenvalue weighted by Gasteiger charge is 2.23. The van der Waals surface area contributed by atoms with Crippen molar-refractivity contribution in [2.24, 2.45) is 0 Å². The first-order valence-corrected chi connectivity index (χ1v) is 51.0. The van der Waals surface area contributed by atoms with Crippen molar-refractivity contribution in [1.82, 2.24) is 0 Å². The number of hydrogen-bond acceptors (Lipinski definition) is 6. The smallest absolute Gasteiger partial charge is 0.137 e. The van der Waals surface area contributed by atoms with E-state index < -0.39 is 0 Å². The highest BCUT2D eigenvalue weighted by molar-refractivity contribution is 6.09. The van der Waals surface area contributed by atoms with Gasteiger partial charge in [-0.3, -0.25) is 0 Å². The van der Waals surface area contributed by atoms with Crippen LogP contribution in [0, 0.1) is 0 Å². The lowest BCUT2D eigenvalue weighted by molar-refractivity contribution is 0.668. The molecular formula is C144H99N3O3. The summed E-state index contributed by atoms with van der Waals surface area (Å²) in [5.41, 5.74) is 43.6. The molecule has 150 heavy (non-hydrogen) atoms. The molecule has 0 aliphatic rings. The van der Waals surface area contributed by atoms with Crippen LogP contribution in [-0.4, -0.2) is 0 Å². The van der Waals surface area contributed by atoms with E-state index in [2.05, 4.69) is 579 Å². The van der Waals surface area contributed by atoms with E-state index in [1.807, 2.05) is 36.4 Å². The Hall–Kier alpha value is -19.9. The summed E-state index contributed by atoms with van der Waals surface area (Å²) in [7, 11) is 0. The maximum atomic E-state index is 6.34. The summed E-state index contributed by atoms with van der Waals surface area (Å²) in [5, 5.41) is 6.75. The molecule has 6 nitrogen and oxygen atoms in total. The van der Waals surface area contributed by atoms with Gasteiger partial charge in [-0.15, -0.1) is 0 Å². The third kappa shape index (κ3) is 19.2. The first-order valence-electron chi connectivity index (χ1n) is 51.0. The predicted molar refractivity (Wildman–Crippen MR) is 630 cm³/mol. The third-order valence-corrected chi connectivity index (χ3v) is 28.4. The third-order valence-electron chi connectivity index (χ3n) is 28.4. The molecule has 708 valence electrons. The van der Waals surface area contributed by atoms with Gasteiger partial charge < -0.3 is 28.0 Å². The number of rotatable bonds is 21. The zero-order valence-electron chi connectivity index (χ0n) is 82.2. The minimum Gasteiger partial charge on any atom is -0.456 e. The largest absolute Gasteiger partial charge is 0.456 e. The SMILES string of the molecule is c1ccc(-c2ccc(N(c3ccc(-c4ccc(-c5cccc(-c6ccccc6)c5)cc4)cc3)c3ccc4c(c3)oc3ccccc34)cc2)cc1.c1ccc(-c2ccc(N(c3ccc(-c4cccc(-c5cccc(-c6ccccc6)c5)c4)cc3)c3ccc4c(c3)oc3ccccc34)cc2)cc1.c1ccc(-c2cccc(-c3cccc(-c4ccc(N(c5cccc(-c6ccccc6)c5)c5ccc6c(c5)oc5ccccc56)cc4)c3)c2)cc1. The van der Waals surface area contributed by atoms with Crippen LogP contribution < -0.4 is 14.7 Å². The van der Waals surface area contributed by atoms with Crippen LogP contribution in [0.5, 0.6) is 0 Å². The summed E-state index contributed by atoms with van der Waals surface area (Å²) in [6.45, 7) is 0. The van der Waals surface area contributed by atoms with E-state index >= 15 is 0 Å². The Labute approximate surface area is 872 Å². The van der Waals surface area contributed by atoms with Crippen LogP contribution in [0.15, 0.2) is 614 Å². The van der Waals surface area contributed by atoms with E-state index in [0.717, 1.165) is 117 Å². The van der Waals surface area contributed by atoms with Crippen LogP contribution in [-0.2, 0) is 0 Å². The Morgan fingerprint density at radius 2 is 0.233 bits per heavy atom. The topological polar surface area (TPSA) is 49.1 Å². The molecule has 0 fully saturated rings. The fourth-order valence-corrected chi connectivity index (χ4v) is 20.8. The van der Waals surface area contributed by atoms with Crippen molar-refractivity contribution in [3.8, 4) is 134 Å². The second kappa shape index (κ2) is 41.4. The fraction of sp³-hybridized carbons (Fsp3) is 0. The fourth-order valence-electron chi connectivity index (χ4n) is 20.8. The number of fused-ring (bicyclic) bond motifs is 9. The standard InChI is InChI=1S/3C48H33NO/c1-3-12-34(13-4-1)37-16-9-18-39(30-37)40-19-10-17-38(31-40)36-24-26-42(27-25-36)49(43-21-11-20-41(32-43)35-14-5-2-6-15-35)44-28-29-46-45-22-7-8-23-47(45)50-48(46)33-44;1-3-11-34(12-4-1)36-21-25-42(26-22-36)49(44-29-30-46-45-19-7-8-20-47(45)50-48(46)33-44)43-27-23-37(24-28-43)39-16-10-18-41(32-39)40-17-9-15-38(31-40)35-13-5-2-6-14-35;1-3-10-34(11-4-1)37-22-26-42(27-23-37)49(44-30-31-46-45-16-7-8-17-47(45)50-48(46)33-44)43-28-24-38(25-29-43)36-18-20-39(21-19-36)41-15-9-14-40(32-41)35-12-5-2-6-13-35/h3*1-33H. The lowest BCUT2D eigenvalue weighted by Crippen LogP contribution is -2.10. The molecule has 6 heteroatoms. The second-order valence-corrected chi connectivity index (χ2v) is 37.8. The number of benzene rings is 24. The molecule has 0 atom stereocenters. The number of nitrogens with zero attached hydrogens (tertiary/aromatic N) is 3. The molecule has 0 unspecified atom stereocenters. The summed E-state index contributed by atoms with van der Waals surface area (Å²) >= 11 is 0. The predicted octanol–water partition coefficient (Wildman–Crippen LogP) is 41.2. The van der Waals surface area contributed by atoms with Gasteiger partial charge in [-0.25, -0.2) is 0 Å². The summed E-state index contributed by atoms with van der Waals surface area (Å²) in [5.74, 6) is 0. The van der Waals surface area contributed by atoms with Crippen molar-refractivity contribution >= 4 is 117 Å². The zero-order valence-corrected chi connectivity index (χ0v) is 82.2. The first-order chi connectivity index (χ1) is 74.3. The average Bonchev–Trinajstić information content (AvgIpc) is 1.59. The van der Waals surface area contributed by atoms with E-state index in [0.29, 0.717) is 0 Å².